The molecule has 2 aromatic carbocycles. The molecule has 0 spiro atoms. The second kappa shape index (κ2) is 5.61. The van der Waals surface area contributed by atoms with Crippen molar-refractivity contribution in [3.8, 4) is 11.5 Å². The molecule has 1 unspecified atom stereocenters. The fraction of sp³-hybridized carbons (Fsp3) is 0.316. The van der Waals surface area contributed by atoms with Gasteiger partial charge in [-0.3, -0.25) is 4.79 Å². The Morgan fingerprint density at radius 2 is 2.00 bits per heavy atom. The van der Waals surface area contributed by atoms with Crippen molar-refractivity contribution in [1.82, 2.24) is 0 Å². The number of carbonyl (C=O) groups excluding carboxylic acids is 1. The second-order valence-corrected chi connectivity index (χ2v) is 6.13. The predicted molar refractivity (Wildman–Crippen MR) is 88.0 cm³/mol. The first kappa shape index (κ1) is 14.1. The SMILES string of the molecule is CC1Cc2ccccc2N1C(=O)CCc1ccc2c(c1)OCO2. The van der Waals surface area contributed by atoms with Gasteiger partial charge >= 0.3 is 0 Å². The summed E-state index contributed by atoms with van der Waals surface area (Å²) >= 11 is 0. The molecule has 1 atom stereocenters. The van der Waals surface area contributed by atoms with Gasteiger partial charge in [0.25, 0.3) is 0 Å². The molecule has 23 heavy (non-hydrogen) atoms. The third-order valence-electron chi connectivity index (χ3n) is 4.54. The molecular formula is C19H19NO3. The molecule has 0 fully saturated rings. The van der Waals surface area contributed by atoms with E-state index < -0.39 is 0 Å². The van der Waals surface area contributed by atoms with Gasteiger partial charge in [0.2, 0.25) is 12.7 Å². The van der Waals surface area contributed by atoms with Crippen molar-refractivity contribution < 1.29 is 14.3 Å². The third-order valence-corrected chi connectivity index (χ3v) is 4.54. The number of nitrogens with zero attached hydrogens (tertiary/aromatic N) is 1. The Labute approximate surface area is 135 Å². The molecule has 1 amide bonds. The number of ether oxygens (including phenoxy) is 2. The van der Waals surface area contributed by atoms with E-state index in [1.807, 2.05) is 41.3 Å². The first-order valence-corrected chi connectivity index (χ1v) is 8.01. The van der Waals surface area contributed by atoms with Crippen molar-refractivity contribution in [2.45, 2.75) is 32.2 Å². The molecule has 118 valence electrons. The number of amides is 1. The van der Waals surface area contributed by atoms with Gasteiger partial charge in [-0.25, -0.2) is 0 Å². The summed E-state index contributed by atoms with van der Waals surface area (Å²) in [7, 11) is 0. The van der Waals surface area contributed by atoms with Gasteiger partial charge in [0.05, 0.1) is 0 Å². The minimum absolute atomic E-state index is 0.181. The average Bonchev–Trinajstić information content (AvgIpc) is 3.15. The lowest BCUT2D eigenvalue weighted by atomic mass is 10.1. The van der Waals surface area contributed by atoms with Gasteiger partial charge in [-0.2, -0.15) is 0 Å². The van der Waals surface area contributed by atoms with Crippen LogP contribution in [0.15, 0.2) is 42.5 Å². The van der Waals surface area contributed by atoms with E-state index in [1.54, 1.807) is 0 Å². The number of hydrogen-bond donors (Lipinski definition) is 0. The Morgan fingerprint density at radius 1 is 1.17 bits per heavy atom. The smallest absolute Gasteiger partial charge is 0.231 e. The maximum Gasteiger partial charge on any atom is 0.231 e. The highest BCUT2D eigenvalue weighted by Gasteiger charge is 2.30. The van der Waals surface area contributed by atoms with Crippen molar-refractivity contribution in [2.75, 3.05) is 11.7 Å². The van der Waals surface area contributed by atoms with Crippen molar-refractivity contribution in [3.05, 3.63) is 53.6 Å². The standard InChI is InChI=1S/C19H19NO3/c1-13-10-15-4-2-3-5-16(15)20(13)19(21)9-7-14-6-8-17-18(11-14)23-12-22-17/h2-6,8,11,13H,7,9-10,12H2,1H3. The molecule has 0 radical (unpaired) electrons. The lowest BCUT2D eigenvalue weighted by molar-refractivity contribution is -0.118. The maximum atomic E-state index is 12.7. The van der Waals surface area contributed by atoms with Crippen LogP contribution in [0.5, 0.6) is 11.5 Å². The topological polar surface area (TPSA) is 38.8 Å². The van der Waals surface area contributed by atoms with Crippen LogP contribution in [-0.2, 0) is 17.6 Å². The zero-order valence-corrected chi connectivity index (χ0v) is 13.1. The molecule has 0 N–H and O–H groups in total. The minimum atomic E-state index is 0.181. The van der Waals surface area contributed by atoms with Crippen LogP contribution < -0.4 is 14.4 Å². The van der Waals surface area contributed by atoms with Gasteiger partial charge < -0.3 is 14.4 Å². The molecule has 2 aromatic rings. The van der Waals surface area contributed by atoms with Crippen molar-refractivity contribution >= 4 is 11.6 Å². The molecule has 0 aromatic heterocycles. The van der Waals surface area contributed by atoms with Gasteiger partial charge in [0.15, 0.2) is 11.5 Å². The van der Waals surface area contributed by atoms with Gasteiger partial charge in [0, 0.05) is 18.2 Å². The number of rotatable bonds is 3. The molecule has 4 rings (SSSR count). The largest absolute Gasteiger partial charge is 0.454 e. The molecule has 4 heteroatoms. The van der Waals surface area contributed by atoms with E-state index in [2.05, 4.69) is 13.0 Å². The van der Waals surface area contributed by atoms with Gasteiger partial charge in [0.1, 0.15) is 0 Å². The fourth-order valence-corrected chi connectivity index (χ4v) is 3.41. The normalized spacial score (nSPS) is 18.1. The highest BCUT2D eigenvalue weighted by molar-refractivity contribution is 5.96. The first-order valence-electron chi connectivity index (χ1n) is 8.01. The average molecular weight is 309 g/mol. The van der Waals surface area contributed by atoms with E-state index in [1.165, 1.54) is 5.56 Å². The number of aryl methyl sites for hydroxylation is 1. The number of para-hydroxylation sites is 1. The van der Waals surface area contributed by atoms with Crippen LogP contribution in [0.3, 0.4) is 0 Å². The molecule has 2 heterocycles. The lowest BCUT2D eigenvalue weighted by Crippen LogP contribution is -2.35. The molecule has 0 bridgehead atoms. The van der Waals surface area contributed by atoms with E-state index >= 15 is 0 Å². The molecule has 4 nitrogen and oxygen atoms in total. The van der Waals surface area contributed by atoms with Crippen molar-refractivity contribution in [1.29, 1.82) is 0 Å². The number of anilines is 1. The highest BCUT2D eigenvalue weighted by Crippen LogP contribution is 2.34. The van der Waals surface area contributed by atoms with E-state index in [4.69, 9.17) is 9.47 Å². The number of fused-ring (bicyclic) bond motifs is 2. The van der Waals surface area contributed by atoms with Crippen LogP contribution in [0, 0.1) is 0 Å². The Balaban J connectivity index is 1.46. The van der Waals surface area contributed by atoms with Gasteiger partial charge in [-0.15, -0.1) is 0 Å². The summed E-state index contributed by atoms with van der Waals surface area (Å²) in [6.07, 6.45) is 2.14. The Hall–Kier alpha value is -2.49. The predicted octanol–water partition coefficient (Wildman–Crippen LogP) is 3.33. The monoisotopic (exact) mass is 309 g/mol. The lowest BCUT2D eigenvalue weighted by Gasteiger charge is -2.22. The van der Waals surface area contributed by atoms with E-state index in [0.717, 1.165) is 29.2 Å². The van der Waals surface area contributed by atoms with Crippen LogP contribution in [0.4, 0.5) is 5.69 Å². The summed E-state index contributed by atoms with van der Waals surface area (Å²) in [5, 5.41) is 0. The number of benzene rings is 2. The summed E-state index contributed by atoms with van der Waals surface area (Å²) in [4.78, 5) is 14.6. The van der Waals surface area contributed by atoms with Gasteiger partial charge in [-0.1, -0.05) is 24.3 Å². The summed E-state index contributed by atoms with van der Waals surface area (Å²) < 4.78 is 10.7. The Morgan fingerprint density at radius 3 is 2.91 bits per heavy atom. The second-order valence-electron chi connectivity index (χ2n) is 6.13. The number of hydrogen-bond acceptors (Lipinski definition) is 3. The van der Waals surface area contributed by atoms with E-state index in [0.29, 0.717) is 12.8 Å². The van der Waals surface area contributed by atoms with Crippen LogP contribution in [0.1, 0.15) is 24.5 Å². The zero-order chi connectivity index (χ0) is 15.8. The molecule has 0 aliphatic carbocycles. The first-order chi connectivity index (χ1) is 11.2. The Kier molecular flexibility index (Phi) is 3.45. The van der Waals surface area contributed by atoms with E-state index in [-0.39, 0.29) is 18.7 Å². The maximum absolute atomic E-state index is 12.7. The minimum Gasteiger partial charge on any atom is -0.454 e. The van der Waals surface area contributed by atoms with Crippen LogP contribution in [-0.4, -0.2) is 18.7 Å². The third kappa shape index (κ3) is 2.54. The fourth-order valence-electron chi connectivity index (χ4n) is 3.41. The van der Waals surface area contributed by atoms with E-state index in [9.17, 15) is 4.79 Å². The molecule has 0 saturated heterocycles. The highest BCUT2D eigenvalue weighted by atomic mass is 16.7. The quantitative estimate of drug-likeness (QED) is 0.873. The summed E-state index contributed by atoms with van der Waals surface area (Å²) in [6, 6.07) is 14.3. The van der Waals surface area contributed by atoms with Crippen LogP contribution in [0.25, 0.3) is 0 Å². The van der Waals surface area contributed by atoms with Gasteiger partial charge in [-0.05, 0) is 49.1 Å². The summed E-state index contributed by atoms with van der Waals surface area (Å²) in [6.45, 7) is 2.39. The summed E-state index contributed by atoms with van der Waals surface area (Å²) in [5.41, 5.74) is 3.43. The van der Waals surface area contributed by atoms with Crippen molar-refractivity contribution in [3.63, 3.8) is 0 Å². The summed E-state index contributed by atoms with van der Waals surface area (Å²) in [5.74, 6) is 1.73. The van der Waals surface area contributed by atoms with Crippen molar-refractivity contribution in [2.24, 2.45) is 0 Å². The molecular weight excluding hydrogens is 290 g/mol. The Bertz CT molecular complexity index is 756. The van der Waals surface area contributed by atoms with Crippen LogP contribution >= 0.6 is 0 Å². The zero-order valence-electron chi connectivity index (χ0n) is 13.1. The molecule has 2 aliphatic rings. The molecule has 2 aliphatic heterocycles. The molecule has 0 saturated carbocycles. The number of carbonyl (C=O) groups is 1. The van der Waals surface area contributed by atoms with Crippen LogP contribution in [0.2, 0.25) is 0 Å².